The summed E-state index contributed by atoms with van der Waals surface area (Å²) in [6.45, 7) is -1.62. The van der Waals surface area contributed by atoms with E-state index in [0.29, 0.717) is 4.31 Å². The molecular weight excluding hydrogens is 461 g/mol. The third-order valence-corrected chi connectivity index (χ3v) is 6.93. The van der Waals surface area contributed by atoms with Gasteiger partial charge in [0.15, 0.2) is 0 Å². The number of alkyl halides is 2. The van der Waals surface area contributed by atoms with Gasteiger partial charge < -0.3 is 21.9 Å². The molecule has 1 aliphatic rings. The summed E-state index contributed by atoms with van der Waals surface area (Å²) in [5, 5.41) is 11.5. The van der Waals surface area contributed by atoms with E-state index in [0.717, 1.165) is 24.3 Å². The average molecular weight is 479 g/mol. The van der Waals surface area contributed by atoms with Crippen LogP contribution in [0.25, 0.3) is 0 Å². The molecule has 8 nitrogen and oxygen atoms in total. The number of nitrogens with one attached hydrogen (secondary N) is 1. The molecule has 0 saturated carbocycles. The van der Waals surface area contributed by atoms with Gasteiger partial charge in [-0.05, 0) is 36.8 Å². The minimum absolute atomic E-state index is 0.126. The van der Waals surface area contributed by atoms with Crippen molar-refractivity contribution in [3.05, 3.63) is 46.7 Å². The van der Waals surface area contributed by atoms with Crippen LogP contribution < -0.4 is 16.8 Å². The van der Waals surface area contributed by atoms with E-state index in [1.807, 2.05) is 0 Å². The van der Waals surface area contributed by atoms with Gasteiger partial charge >= 0.3 is 0 Å². The standard InChI is InChI=1S/C18H18ClF3N4O4S/c19-11-7-10(1-2-12(11)20)25-17(28)9-5-13(23)16(24)14(6-9)31(29,30)26-4-3-15(27)18(21,22)8-26/h1-2,5-7,15,27H,3-4,8,23-24H2,(H,25,28). The predicted molar refractivity (Wildman–Crippen MR) is 109 cm³/mol. The van der Waals surface area contributed by atoms with Crippen LogP contribution in [0.4, 0.5) is 30.2 Å². The van der Waals surface area contributed by atoms with Crippen LogP contribution in [0.3, 0.4) is 0 Å². The zero-order valence-corrected chi connectivity index (χ0v) is 17.4. The van der Waals surface area contributed by atoms with Crippen molar-refractivity contribution in [2.45, 2.75) is 23.3 Å². The second-order valence-electron chi connectivity index (χ2n) is 6.96. The Bertz CT molecular complexity index is 1150. The zero-order valence-electron chi connectivity index (χ0n) is 15.8. The molecule has 0 aromatic heterocycles. The number of aliphatic hydroxyl groups is 1. The van der Waals surface area contributed by atoms with Gasteiger partial charge in [0.1, 0.15) is 16.8 Å². The maximum atomic E-state index is 13.9. The van der Waals surface area contributed by atoms with E-state index in [4.69, 9.17) is 23.1 Å². The number of nitrogen functional groups attached to an aromatic ring is 2. The molecule has 1 heterocycles. The third kappa shape index (κ3) is 4.56. The Morgan fingerprint density at radius 1 is 1.26 bits per heavy atom. The van der Waals surface area contributed by atoms with Crippen LogP contribution in [0.5, 0.6) is 0 Å². The van der Waals surface area contributed by atoms with Gasteiger partial charge in [0.05, 0.1) is 22.9 Å². The Hall–Kier alpha value is -2.54. The topological polar surface area (TPSA) is 139 Å². The van der Waals surface area contributed by atoms with E-state index in [-0.39, 0.29) is 28.5 Å². The summed E-state index contributed by atoms with van der Waals surface area (Å²) in [4.78, 5) is 11.9. The number of benzene rings is 2. The van der Waals surface area contributed by atoms with Crippen molar-refractivity contribution in [2.24, 2.45) is 0 Å². The van der Waals surface area contributed by atoms with Gasteiger partial charge in [0.25, 0.3) is 11.8 Å². The molecule has 2 aromatic carbocycles. The highest BCUT2D eigenvalue weighted by Crippen LogP contribution is 2.34. The van der Waals surface area contributed by atoms with Gasteiger partial charge in [-0.1, -0.05) is 11.6 Å². The Morgan fingerprint density at radius 3 is 2.55 bits per heavy atom. The molecule has 13 heteroatoms. The molecule has 0 bridgehead atoms. The molecule has 31 heavy (non-hydrogen) atoms. The summed E-state index contributed by atoms with van der Waals surface area (Å²) in [7, 11) is -4.56. The van der Waals surface area contributed by atoms with Crippen LogP contribution in [-0.4, -0.2) is 48.9 Å². The minimum Gasteiger partial charge on any atom is -0.397 e. The number of halogens is 4. The number of sulfonamides is 1. The smallest absolute Gasteiger partial charge is 0.286 e. The summed E-state index contributed by atoms with van der Waals surface area (Å²) in [6.07, 6.45) is -2.45. The molecule has 1 saturated heterocycles. The fourth-order valence-electron chi connectivity index (χ4n) is 3.01. The average Bonchev–Trinajstić information content (AvgIpc) is 2.68. The molecule has 0 radical (unpaired) electrons. The largest absolute Gasteiger partial charge is 0.397 e. The van der Waals surface area contributed by atoms with Crippen LogP contribution in [-0.2, 0) is 10.0 Å². The molecular formula is C18H18ClF3N4O4S. The van der Waals surface area contributed by atoms with Crippen molar-refractivity contribution in [3.8, 4) is 0 Å². The van der Waals surface area contributed by atoms with Gasteiger partial charge in [-0.15, -0.1) is 0 Å². The van der Waals surface area contributed by atoms with E-state index in [2.05, 4.69) is 5.32 Å². The number of amides is 1. The molecule has 2 aromatic rings. The molecule has 0 spiro atoms. The lowest BCUT2D eigenvalue weighted by Gasteiger charge is -2.35. The third-order valence-electron chi connectivity index (χ3n) is 4.76. The summed E-state index contributed by atoms with van der Waals surface area (Å²) in [5.74, 6) is -5.17. The highest BCUT2D eigenvalue weighted by molar-refractivity contribution is 7.89. The van der Waals surface area contributed by atoms with Crippen molar-refractivity contribution >= 4 is 44.6 Å². The predicted octanol–water partition coefficient (Wildman–Crippen LogP) is 2.29. The Kier molecular flexibility index (Phi) is 6.11. The number of nitrogens with two attached hydrogens (primary N) is 2. The summed E-state index contributed by atoms with van der Waals surface area (Å²) in [5.41, 5.74) is 10.8. The zero-order chi connectivity index (χ0) is 23.1. The van der Waals surface area contributed by atoms with Gasteiger partial charge in [-0.25, -0.2) is 21.6 Å². The molecule has 168 valence electrons. The molecule has 6 N–H and O–H groups in total. The van der Waals surface area contributed by atoms with Crippen LogP contribution in [0.15, 0.2) is 35.2 Å². The lowest BCUT2D eigenvalue weighted by molar-refractivity contribution is -0.136. The van der Waals surface area contributed by atoms with Crippen LogP contribution >= 0.6 is 11.6 Å². The van der Waals surface area contributed by atoms with Crippen LogP contribution in [0.1, 0.15) is 16.8 Å². The molecule has 0 aliphatic carbocycles. The van der Waals surface area contributed by atoms with Crippen molar-refractivity contribution in [3.63, 3.8) is 0 Å². The highest BCUT2D eigenvalue weighted by atomic mass is 35.5. The number of hydrogen-bond acceptors (Lipinski definition) is 6. The lowest BCUT2D eigenvalue weighted by atomic mass is 10.1. The number of anilines is 3. The second-order valence-corrected chi connectivity index (χ2v) is 9.28. The van der Waals surface area contributed by atoms with E-state index in [9.17, 15) is 31.5 Å². The number of hydrogen-bond donors (Lipinski definition) is 4. The first-order valence-corrected chi connectivity index (χ1v) is 10.7. The number of carbonyl (C=O) groups is 1. The maximum Gasteiger partial charge on any atom is 0.286 e. The van der Waals surface area contributed by atoms with Gasteiger partial charge in [0.2, 0.25) is 10.0 Å². The number of aliphatic hydroxyl groups excluding tert-OH is 1. The van der Waals surface area contributed by atoms with Crippen molar-refractivity contribution in [1.29, 1.82) is 0 Å². The van der Waals surface area contributed by atoms with Crippen molar-refractivity contribution in [2.75, 3.05) is 29.9 Å². The molecule has 1 amide bonds. The number of piperidine rings is 1. The van der Waals surface area contributed by atoms with Crippen LogP contribution in [0, 0.1) is 5.82 Å². The fourth-order valence-corrected chi connectivity index (χ4v) is 4.83. The van der Waals surface area contributed by atoms with E-state index in [1.165, 1.54) is 6.07 Å². The number of nitrogens with zero attached hydrogens (tertiary/aromatic N) is 1. The Balaban J connectivity index is 1.95. The molecule has 1 aliphatic heterocycles. The lowest BCUT2D eigenvalue weighted by Crippen LogP contribution is -2.53. The highest BCUT2D eigenvalue weighted by Gasteiger charge is 2.47. The fraction of sp³-hybridized carbons (Fsp3) is 0.278. The first-order chi connectivity index (χ1) is 14.3. The molecule has 1 unspecified atom stereocenters. The number of rotatable bonds is 4. The SMILES string of the molecule is Nc1cc(C(=O)Nc2ccc(F)c(Cl)c2)cc(S(=O)(=O)N2CCC(O)C(F)(F)C2)c1N. The summed E-state index contributed by atoms with van der Waals surface area (Å²) < 4.78 is 67.4. The summed E-state index contributed by atoms with van der Waals surface area (Å²) >= 11 is 5.67. The van der Waals surface area contributed by atoms with Crippen molar-refractivity contribution in [1.82, 2.24) is 4.31 Å². The molecule has 3 rings (SSSR count). The summed E-state index contributed by atoms with van der Waals surface area (Å²) in [6, 6.07) is 5.43. The normalized spacial score (nSPS) is 19.2. The van der Waals surface area contributed by atoms with Gasteiger partial charge in [-0.2, -0.15) is 4.31 Å². The number of carbonyl (C=O) groups excluding carboxylic acids is 1. The maximum absolute atomic E-state index is 13.9. The van der Waals surface area contributed by atoms with Gasteiger partial charge in [0, 0.05) is 17.8 Å². The first-order valence-electron chi connectivity index (χ1n) is 8.84. The molecule has 1 atom stereocenters. The van der Waals surface area contributed by atoms with Gasteiger partial charge in [-0.3, -0.25) is 4.79 Å². The Morgan fingerprint density at radius 2 is 1.94 bits per heavy atom. The Labute approximate surface area is 180 Å². The monoisotopic (exact) mass is 478 g/mol. The van der Waals surface area contributed by atoms with Crippen molar-refractivity contribution < 1.29 is 31.5 Å². The van der Waals surface area contributed by atoms with Crippen LogP contribution in [0.2, 0.25) is 5.02 Å². The first kappa shape index (κ1) is 23.1. The van der Waals surface area contributed by atoms with E-state index >= 15 is 0 Å². The minimum atomic E-state index is -4.56. The van der Waals surface area contributed by atoms with E-state index < -0.39 is 57.3 Å². The second kappa shape index (κ2) is 8.19. The quantitative estimate of drug-likeness (QED) is 0.497. The molecule has 1 fully saturated rings. The van der Waals surface area contributed by atoms with E-state index in [1.54, 1.807) is 0 Å².